The number of carbonyl (C=O) groups excluding carboxylic acids is 1. The largest absolute Gasteiger partial charge is 0.477 e. The van der Waals surface area contributed by atoms with Crippen LogP contribution in [0, 0.1) is 11.8 Å². The third-order valence-corrected chi connectivity index (χ3v) is 3.71. The molecule has 0 spiro atoms. The van der Waals surface area contributed by atoms with E-state index in [4.69, 9.17) is 14.9 Å². The van der Waals surface area contributed by atoms with Gasteiger partial charge in [-0.1, -0.05) is 18.1 Å². The molecule has 0 bridgehead atoms. The molecular formula is C17H17N3O3. The second kappa shape index (κ2) is 6.05. The Hall–Kier alpha value is -2.94. The summed E-state index contributed by atoms with van der Waals surface area (Å²) in [6.45, 7) is 2.05. The van der Waals surface area contributed by atoms with Crippen LogP contribution < -0.4 is 10.5 Å². The van der Waals surface area contributed by atoms with Gasteiger partial charge in [0.15, 0.2) is 17.3 Å². The van der Waals surface area contributed by atoms with Crippen LogP contribution >= 0.6 is 0 Å². The lowest BCUT2D eigenvalue weighted by molar-refractivity contribution is -0.127. The minimum atomic E-state index is -0.408. The summed E-state index contributed by atoms with van der Waals surface area (Å²) < 4.78 is 11.5. The van der Waals surface area contributed by atoms with E-state index in [-0.39, 0.29) is 18.3 Å². The number of amides is 1. The number of ether oxygens (including phenoxy) is 1. The minimum absolute atomic E-state index is 0.0855. The van der Waals surface area contributed by atoms with Gasteiger partial charge < -0.3 is 14.9 Å². The maximum atomic E-state index is 11.9. The van der Waals surface area contributed by atoms with Crippen LogP contribution in [0.25, 0.3) is 11.0 Å². The third-order valence-electron chi connectivity index (χ3n) is 3.71. The fraction of sp³-hybridized carbons (Fsp3) is 0.294. The number of furan rings is 1. The van der Waals surface area contributed by atoms with Crippen molar-refractivity contribution in [3.8, 4) is 17.6 Å². The molecule has 3 rings (SSSR count). The lowest BCUT2D eigenvalue weighted by atomic mass is 10.1. The first kappa shape index (κ1) is 15.0. The van der Waals surface area contributed by atoms with Crippen LogP contribution in [0.4, 0.5) is 0 Å². The highest BCUT2D eigenvalue weighted by atomic mass is 16.5. The van der Waals surface area contributed by atoms with Crippen LogP contribution in [-0.4, -0.2) is 30.4 Å². The molecule has 0 radical (unpaired) electrons. The zero-order valence-electron chi connectivity index (χ0n) is 13.0. The number of fused-ring (bicyclic) bond motifs is 1. The van der Waals surface area contributed by atoms with Crippen molar-refractivity contribution in [3.05, 3.63) is 30.0 Å². The first-order valence-corrected chi connectivity index (χ1v) is 7.25. The third kappa shape index (κ3) is 2.86. The smallest absolute Gasteiger partial charge is 0.231 e. The molecule has 23 heavy (non-hydrogen) atoms. The highest BCUT2D eigenvalue weighted by molar-refractivity contribution is 5.98. The Labute approximate surface area is 133 Å². The highest BCUT2D eigenvalue weighted by Crippen LogP contribution is 2.34. The number of benzene rings is 1. The van der Waals surface area contributed by atoms with Crippen molar-refractivity contribution < 1.29 is 13.9 Å². The van der Waals surface area contributed by atoms with Crippen molar-refractivity contribution in [3.63, 3.8) is 0 Å². The molecule has 6 nitrogen and oxygen atoms in total. The molecule has 0 aliphatic carbocycles. The molecule has 1 atom stereocenters. The summed E-state index contributed by atoms with van der Waals surface area (Å²) in [5.74, 6) is 6.95. The quantitative estimate of drug-likeness (QED) is 0.880. The summed E-state index contributed by atoms with van der Waals surface area (Å²) >= 11 is 0. The van der Waals surface area contributed by atoms with E-state index in [1.54, 1.807) is 14.0 Å². The van der Waals surface area contributed by atoms with E-state index in [1.807, 2.05) is 24.3 Å². The average Bonchev–Trinajstić information content (AvgIpc) is 2.97. The van der Waals surface area contributed by atoms with Gasteiger partial charge in [-0.2, -0.15) is 0 Å². The standard InChI is InChI=1S/C17H17N3O3/c1-3-4-8-22-13-7-5-6-11-9-14(23-16(11)13)12-10-15(21)20(2)17(18)19-12/h5-7,9,12H,8,10H2,1-2H3,(H2,18,19). The van der Waals surface area contributed by atoms with Gasteiger partial charge in [-0.3, -0.25) is 9.69 Å². The maximum absolute atomic E-state index is 11.9. The monoisotopic (exact) mass is 311 g/mol. The Bertz CT molecular complexity index is 842. The van der Waals surface area contributed by atoms with Crippen LogP contribution in [0.3, 0.4) is 0 Å². The lowest BCUT2D eigenvalue weighted by Gasteiger charge is -2.24. The van der Waals surface area contributed by atoms with Gasteiger partial charge in [0.25, 0.3) is 0 Å². The predicted molar refractivity (Wildman–Crippen MR) is 86.9 cm³/mol. The molecule has 1 amide bonds. The molecule has 2 heterocycles. The first-order chi connectivity index (χ1) is 11.1. The summed E-state index contributed by atoms with van der Waals surface area (Å²) in [6.07, 6.45) is 0.231. The molecule has 2 aromatic rings. The van der Waals surface area contributed by atoms with Gasteiger partial charge in [-0.15, -0.1) is 5.92 Å². The molecule has 1 aliphatic heterocycles. The van der Waals surface area contributed by atoms with Crippen molar-refractivity contribution in [1.82, 2.24) is 4.90 Å². The lowest BCUT2D eigenvalue weighted by Crippen LogP contribution is -2.42. The van der Waals surface area contributed by atoms with E-state index in [9.17, 15) is 4.79 Å². The summed E-state index contributed by atoms with van der Waals surface area (Å²) in [5.41, 5.74) is 6.40. The fourth-order valence-electron chi connectivity index (χ4n) is 2.41. The van der Waals surface area contributed by atoms with E-state index >= 15 is 0 Å². The molecule has 2 N–H and O–H groups in total. The molecule has 1 aromatic heterocycles. The minimum Gasteiger partial charge on any atom is -0.477 e. The number of guanidine groups is 1. The summed E-state index contributed by atoms with van der Waals surface area (Å²) in [7, 11) is 1.61. The second-order valence-electron chi connectivity index (χ2n) is 5.20. The van der Waals surface area contributed by atoms with E-state index in [1.165, 1.54) is 4.90 Å². The molecule has 1 aromatic carbocycles. The first-order valence-electron chi connectivity index (χ1n) is 7.25. The van der Waals surface area contributed by atoms with E-state index in [2.05, 4.69) is 16.8 Å². The van der Waals surface area contributed by atoms with Crippen LogP contribution in [0.15, 0.2) is 33.7 Å². The number of hydrogen-bond acceptors (Lipinski definition) is 5. The van der Waals surface area contributed by atoms with Gasteiger partial charge in [0, 0.05) is 12.4 Å². The van der Waals surface area contributed by atoms with E-state index < -0.39 is 6.04 Å². The zero-order chi connectivity index (χ0) is 16.4. The van der Waals surface area contributed by atoms with Crippen molar-refractivity contribution in [1.29, 1.82) is 0 Å². The van der Waals surface area contributed by atoms with E-state index in [0.717, 1.165) is 5.39 Å². The van der Waals surface area contributed by atoms with Gasteiger partial charge in [0.1, 0.15) is 18.4 Å². The van der Waals surface area contributed by atoms with Crippen LogP contribution in [0.2, 0.25) is 0 Å². The van der Waals surface area contributed by atoms with Crippen molar-refractivity contribution >= 4 is 22.8 Å². The van der Waals surface area contributed by atoms with Crippen LogP contribution in [0.1, 0.15) is 25.1 Å². The Kier molecular flexibility index (Phi) is 3.94. The van der Waals surface area contributed by atoms with Gasteiger partial charge >= 0.3 is 0 Å². The van der Waals surface area contributed by atoms with Crippen molar-refractivity contribution in [2.75, 3.05) is 13.7 Å². The number of hydrogen-bond donors (Lipinski definition) is 1. The number of aliphatic imine (C=N–C) groups is 1. The maximum Gasteiger partial charge on any atom is 0.231 e. The van der Waals surface area contributed by atoms with Gasteiger partial charge in [-0.05, 0) is 19.1 Å². The Morgan fingerprint density at radius 2 is 2.35 bits per heavy atom. The van der Waals surface area contributed by atoms with Crippen molar-refractivity contribution in [2.24, 2.45) is 10.7 Å². The average molecular weight is 311 g/mol. The molecular weight excluding hydrogens is 294 g/mol. The van der Waals surface area contributed by atoms with Gasteiger partial charge in [0.05, 0.1) is 6.42 Å². The number of nitrogens with two attached hydrogens (primary N) is 1. The molecule has 0 saturated heterocycles. The molecule has 1 unspecified atom stereocenters. The highest BCUT2D eigenvalue weighted by Gasteiger charge is 2.28. The SMILES string of the molecule is CC#CCOc1cccc2cc(C3CC(=O)N(C)C(N)=N3)oc12. The summed E-state index contributed by atoms with van der Waals surface area (Å²) in [4.78, 5) is 17.6. The number of para-hydroxylation sites is 1. The van der Waals surface area contributed by atoms with Gasteiger partial charge in [-0.25, -0.2) is 4.99 Å². The van der Waals surface area contributed by atoms with Crippen LogP contribution in [-0.2, 0) is 4.79 Å². The molecule has 0 fully saturated rings. The summed E-state index contributed by atoms with van der Waals surface area (Å²) in [6, 6.07) is 7.09. The van der Waals surface area contributed by atoms with Crippen LogP contribution in [0.5, 0.6) is 5.75 Å². The number of carbonyl (C=O) groups is 1. The van der Waals surface area contributed by atoms with Crippen molar-refractivity contribution in [2.45, 2.75) is 19.4 Å². The summed E-state index contributed by atoms with van der Waals surface area (Å²) in [5, 5.41) is 0.891. The normalized spacial score (nSPS) is 17.7. The Morgan fingerprint density at radius 1 is 1.52 bits per heavy atom. The molecule has 118 valence electrons. The zero-order valence-corrected chi connectivity index (χ0v) is 13.0. The fourth-order valence-corrected chi connectivity index (χ4v) is 2.41. The second-order valence-corrected chi connectivity index (χ2v) is 5.20. The Balaban J connectivity index is 1.95. The topological polar surface area (TPSA) is 81.1 Å². The predicted octanol–water partition coefficient (Wildman–Crippen LogP) is 2.05. The molecule has 1 aliphatic rings. The molecule has 6 heteroatoms. The number of nitrogens with zero attached hydrogens (tertiary/aromatic N) is 2. The number of rotatable bonds is 3. The Morgan fingerprint density at radius 3 is 3.09 bits per heavy atom. The van der Waals surface area contributed by atoms with Gasteiger partial charge in [0.2, 0.25) is 5.91 Å². The van der Waals surface area contributed by atoms with E-state index in [0.29, 0.717) is 23.7 Å². The molecule has 0 saturated carbocycles.